The Labute approximate surface area is 139 Å². The molecule has 0 bridgehead atoms. The highest BCUT2D eigenvalue weighted by molar-refractivity contribution is 9.10. The van der Waals surface area contributed by atoms with Gasteiger partial charge in [0.25, 0.3) is 0 Å². The van der Waals surface area contributed by atoms with Gasteiger partial charge >= 0.3 is 0 Å². The van der Waals surface area contributed by atoms with Gasteiger partial charge in [0, 0.05) is 21.0 Å². The number of fused-ring (bicyclic) bond motifs is 1. The van der Waals surface area contributed by atoms with E-state index in [-0.39, 0.29) is 11.5 Å². The Bertz CT molecular complexity index is 599. The third kappa shape index (κ3) is 2.02. The molecule has 122 valence electrons. The number of piperidine rings is 1. The van der Waals surface area contributed by atoms with Gasteiger partial charge in [-0.05, 0) is 51.0 Å². The van der Waals surface area contributed by atoms with Crippen LogP contribution in [0.5, 0.6) is 0 Å². The molecular formula is C17H23BrFNO2. The maximum absolute atomic E-state index is 14.3. The summed E-state index contributed by atoms with van der Waals surface area (Å²) in [6.07, 6.45) is 0.668. The molecule has 1 heterocycles. The van der Waals surface area contributed by atoms with E-state index in [0.29, 0.717) is 10.0 Å². The summed E-state index contributed by atoms with van der Waals surface area (Å²) >= 11 is 3.47. The van der Waals surface area contributed by atoms with E-state index in [0.717, 1.165) is 25.9 Å². The molecule has 1 aliphatic heterocycles. The fraction of sp³-hybridized carbons (Fsp3) is 0.647. The molecule has 0 unspecified atom stereocenters. The largest absolute Gasteiger partial charge is 0.388 e. The molecule has 1 aromatic rings. The minimum absolute atomic E-state index is 0.00713. The van der Waals surface area contributed by atoms with E-state index in [1.165, 1.54) is 6.07 Å². The summed E-state index contributed by atoms with van der Waals surface area (Å²) in [6, 6.07) is 2.98. The highest BCUT2D eigenvalue weighted by Gasteiger charge is 2.61. The number of hydrogen-bond donors (Lipinski definition) is 2. The van der Waals surface area contributed by atoms with Gasteiger partial charge in [-0.3, -0.25) is 0 Å². The molecule has 3 nitrogen and oxygen atoms in total. The summed E-state index contributed by atoms with van der Waals surface area (Å²) in [5, 5.41) is 22.4. The molecule has 1 aliphatic carbocycles. The third-order valence-corrected chi connectivity index (χ3v) is 6.43. The van der Waals surface area contributed by atoms with Gasteiger partial charge in [0.1, 0.15) is 11.4 Å². The lowest BCUT2D eigenvalue weighted by molar-refractivity contribution is -0.158. The summed E-state index contributed by atoms with van der Waals surface area (Å²) < 4.78 is 15.0. The summed E-state index contributed by atoms with van der Waals surface area (Å²) in [4.78, 5) is 2.24. The van der Waals surface area contributed by atoms with Crippen molar-refractivity contribution in [3.63, 3.8) is 0 Å². The van der Waals surface area contributed by atoms with Crippen molar-refractivity contribution in [2.45, 2.75) is 38.4 Å². The standard InChI is InChI=1S/C17H23BrFNO2/c1-16(2)15(21)13-12(19)5-4-11(18)14(13)17(16,22)10-6-8-20(3)9-7-10/h4-5,10,15,21-22H,6-9H2,1-3H3/t15-,17-/m1/s1. The molecule has 2 atom stereocenters. The molecule has 0 amide bonds. The zero-order valence-electron chi connectivity index (χ0n) is 13.2. The van der Waals surface area contributed by atoms with Gasteiger partial charge in [-0.2, -0.15) is 0 Å². The van der Waals surface area contributed by atoms with E-state index >= 15 is 0 Å². The molecule has 5 heteroatoms. The third-order valence-electron chi connectivity index (χ3n) is 5.77. The SMILES string of the molecule is CN1CCC([C@@]2(O)c3c(Br)ccc(F)c3[C@@H](O)C2(C)C)CC1. The quantitative estimate of drug-likeness (QED) is 0.796. The normalized spacial score (nSPS) is 32.2. The number of rotatable bonds is 1. The second kappa shape index (κ2) is 5.26. The van der Waals surface area contributed by atoms with Crippen molar-refractivity contribution in [1.82, 2.24) is 4.90 Å². The highest BCUT2D eigenvalue weighted by Crippen LogP contribution is 2.62. The Balaban J connectivity index is 2.17. The topological polar surface area (TPSA) is 43.7 Å². The number of halogens is 2. The van der Waals surface area contributed by atoms with Crippen molar-refractivity contribution >= 4 is 15.9 Å². The lowest BCUT2D eigenvalue weighted by atomic mass is 9.65. The van der Waals surface area contributed by atoms with Crippen molar-refractivity contribution in [1.29, 1.82) is 0 Å². The molecule has 1 saturated heterocycles. The summed E-state index contributed by atoms with van der Waals surface area (Å²) in [5.74, 6) is -0.435. The Morgan fingerprint density at radius 3 is 2.45 bits per heavy atom. The molecule has 2 aliphatic rings. The van der Waals surface area contributed by atoms with E-state index in [1.54, 1.807) is 6.07 Å². The average Bonchev–Trinajstić information content (AvgIpc) is 2.63. The first-order chi connectivity index (χ1) is 10.2. The van der Waals surface area contributed by atoms with Crippen LogP contribution in [0, 0.1) is 17.2 Å². The Morgan fingerprint density at radius 1 is 1.27 bits per heavy atom. The lowest BCUT2D eigenvalue weighted by Crippen LogP contribution is -2.50. The van der Waals surface area contributed by atoms with Crippen molar-refractivity contribution in [3.05, 3.63) is 33.5 Å². The fourth-order valence-corrected chi connectivity index (χ4v) is 4.92. The van der Waals surface area contributed by atoms with Crippen LogP contribution in [-0.4, -0.2) is 35.3 Å². The van der Waals surface area contributed by atoms with Crippen LogP contribution in [0.4, 0.5) is 4.39 Å². The van der Waals surface area contributed by atoms with Gasteiger partial charge in [0.05, 0.1) is 6.10 Å². The molecule has 0 aromatic heterocycles. The number of hydrogen-bond acceptors (Lipinski definition) is 3. The second-order valence-corrected chi connectivity index (χ2v) is 8.14. The predicted molar refractivity (Wildman–Crippen MR) is 87.0 cm³/mol. The fourth-order valence-electron chi connectivity index (χ4n) is 4.27. The zero-order chi connectivity index (χ0) is 16.3. The van der Waals surface area contributed by atoms with Crippen LogP contribution in [0.1, 0.15) is 43.9 Å². The molecule has 0 radical (unpaired) electrons. The number of likely N-dealkylation sites (tertiary alicyclic amines) is 1. The van der Waals surface area contributed by atoms with Crippen molar-refractivity contribution in [2.24, 2.45) is 11.3 Å². The second-order valence-electron chi connectivity index (χ2n) is 7.29. The van der Waals surface area contributed by atoms with Crippen LogP contribution < -0.4 is 0 Å². The van der Waals surface area contributed by atoms with Crippen LogP contribution >= 0.6 is 15.9 Å². The first kappa shape index (κ1) is 16.4. The molecule has 1 aromatic carbocycles. The summed E-state index contributed by atoms with van der Waals surface area (Å²) in [6.45, 7) is 5.48. The van der Waals surface area contributed by atoms with Crippen molar-refractivity contribution in [2.75, 3.05) is 20.1 Å². The van der Waals surface area contributed by atoms with Crippen molar-refractivity contribution in [3.8, 4) is 0 Å². The number of aliphatic hydroxyl groups excluding tert-OH is 1. The van der Waals surface area contributed by atoms with Crippen molar-refractivity contribution < 1.29 is 14.6 Å². The highest BCUT2D eigenvalue weighted by atomic mass is 79.9. The molecule has 0 spiro atoms. The van der Waals surface area contributed by atoms with Gasteiger partial charge in [-0.15, -0.1) is 0 Å². The van der Waals surface area contributed by atoms with Gasteiger partial charge in [0.2, 0.25) is 0 Å². The van der Waals surface area contributed by atoms with Gasteiger partial charge in [-0.25, -0.2) is 4.39 Å². The van der Waals surface area contributed by atoms with Gasteiger partial charge < -0.3 is 15.1 Å². The van der Waals surface area contributed by atoms with Crippen LogP contribution in [0.3, 0.4) is 0 Å². The predicted octanol–water partition coefficient (Wildman–Crippen LogP) is 3.19. The summed E-state index contributed by atoms with van der Waals surface area (Å²) in [7, 11) is 2.07. The monoisotopic (exact) mass is 371 g/mol. The molecule has 0 saturated carbocycles. The number of aliphatic hydroxyl groups is 2. The number of nitrogens with zero attached hydrogens (tertiary/aromatic N) is 1. The van der Waals surface area contributed by atoms with Crippen LogP contribution in [0.25, 0.3) is 0 Å². The smallest absolute Gasteiger partial charge is 0.129 e. The first-order valence-electron chi connectivity index (χ1n) is 7.78. The first-order valence-corrected chi connectivity index (χ1v) is 8.58. The van der Waals surface area contributed by atoms with E-state index in [4.69, 9.17) is 0 Å². The van der Waals surface area contributed by atoms with Crippen LogP contribution in [-0.2, 0) is 5.60 Å². The van der Waals surface area contributed by atoms with E-state index in [9.17, 15) is 14.6 Å². The summed E-state index contributed by atoms with van der Waals surface area (Å²) in [5.41, 5.74) is -1.27. The molecule has 2 N–H and O–H groups in total. The molecule has 22 heavy (non-hydrogen) atoms. The minimum atomic E-state index is -1.23. The lowest BCUT2D eigenvalue weighted by Gasteiger charge is -2.47. The van der Waals surface area contributed by atoms with E-state index < -0.39 is 22.9 Å². The van der Waals surface area contributed by atoms with Crippen LogP contribution in [0.2, 0.25) is 0 Å². The number of benzene rings is 1. The van der Waals surface area contributed by atoms with E-state index in [1.807, 2.05) is 13.8 Å². The Morgan fingerprint density at radius 2 is 1.86 bits per heavy atom. The molecule has 1 fully saturated rings. The van der Waals surface area contributed by atoms with Gasteiger partial charge in [0.15, 0.2) is 0 Å². The van der Waals surface area contributed by atoms with Gasteiger partial charge in [-0.1, -0.05) is 29.8 Å². The molecule has 3 rings (SSSR count). The maximum Gasteiger partial charge on any atom is 0.129 e. The minimum Gasteiger partial charge on any atom is -0.388 e. The van der Waals surface area contributed by atoms with E-state index in [2.05, 4.69) is 27.9 Å². The van der Waals surface area contributed by atoms with Crippen LogP contribution in [0.15, 0.2) is 16.6 Å². The Kier molecular flexibility index (Phi) is 3.92. The Hall–Kier alpha value is -0.490. The average molecular weight is 372 g/mol. The zero-order valence-corrected chi connectivity index (χ0v) is 14.8. The molecular weight excluding hydrogens is 349 g/mol. The maximum atomic E-state index is 14.3.